The van der Waals surface area contributed by atoms with E-state index in [9.17, 15) is 26.1 Å². The number of rotatable bonds is 3. The van der Waals surface area contributed by atoms with Crippen molar-refractivity contribution in [3.8, 4) is 0 Å². The molecule has 74 valence electrons. The molecule has 0 amide bonds. The van der Waals surface area contributed by atoms with Gasteiger partial charge >= 0.3 is 64.5 Å². The van der Waals surface area contributed by atoms with E-state index >= 15 is 0 Å². The van der Waals surface area contributed by atoms with Crippen molar-refractivity contribution in [1.82, 2.24) is 0 Å². The molecule has 9 heteroatoms. The van der Waals surface area contributed by atoms with Gasteiger partial charge < -0.3 is 17.7 Å². The topological polar surface area (TPSA) is 9.23 Å². The Hall–Kier alpha value is 1.24. The zero-order valence-corrected chi connectivity index (χ0v) is 10.2. The Balaban J connectivity index is 0. The molecule has 0 fully saturated rings. The molecule has 0 spiro atoms. The molecular formula is C4H6BF6KO. The molecule has 1 atom stereocenters. The molecule has 0 aromatic carbocycles. The first-order valence-corrected chi connectivity index (χ1v) is 3.02. The second-order valence-corrected chi connectivity index (χ2v) is 2.23. The summed E-state index contributed by atoms with van der Waals surface area (Å²) in [7, 11) is 0. The van der Waals surface area contributed by atoms with E-state index in [2.05, 4.69) is 4.74 Å². The Bertz CT molecular complexity index is 145. The third kappa shape index (κ3) is 9.54. The van der Waals surface area contributed by atoms with Crippen LogP contribution in [0.2, 0.25) is 0 Å². The van der Waals surface area contributed by atoms with Crippen LogP contribution in [0.4, 0.5) is 26.1 Å². The second kappa shape index (κ2) is 5.96. The Morgan fingerprint density at radius 1 is 1.23 bits per heavy atom. The molecule has 0 aromatic rings. The van der Waals surface area contributed by atoms with Crippen LogP contribution >= 0.6 is 0 Å². The van der Waals surface area contributed by atoms with E-state index < -0.39 is 25.8 Å². The molecule has 0 saturated carbocycles. The van der Waals surface area contributed by atoms with Crippen LogP contribution in [0.15, 0.2) is 0 Å². The van der Waals surface area contributed by atoms with E-state index in [4.69, 9.17) is 0 Å². The van der Waals surface area contributed by atoms with Crippen LogP contribution in [0.25, 0.3) is 0 Å². The standard InChI is InChI=1S/C4H6BF6O.K/c1-3(4(6,7)8)12-2-5(9,10)11;/h3H,2H2,1H3;/q-1;+1. The molecule has 0 saturated heterocycles. The van der Waals surface area contributed by atoms with Crippen molar-refractivity contribution >= 4 is 6.98 Å². The third-order valence-electron chi connectivity index (χ3n) is 0.996. The summed E-state index contributed by atoms with van der Waals surface area (Å²) in [4.78, 5) is 0. The van der Waals surface area contributed by atoms with E-state index in [1.54, 1.807) is 0 Å². The molecule has 13 heavy (non-hydrogen) atoms. The van der Waals surface area contributed by atoms with Gasteiger partial charge in [-0.25, -0.2) is 0 Å². The van der Waals surface area contributed by atoms with Crippen molar-refractivity contribution in [3.63, 3.8) is 0 Å². The Morgan fingerprint density at radius 3 is 1.85 bits per heavy atom. The Morgan fingerprint density at radius 2 is 1.62 bits per heavy atom. The molecule has 0 radical (unpaired) electrons. The zero-order chi connectivity index (χ0) is 9.99. The number of alkyl halides is 3. The predicted octanol–water partition coefficient (Wildman–Crippen LogP) is -0.656. The fourth-order valence-corrected chi connectivity index (χ4v) is 0.348. The van der Waals surface area contributed by atoms with Crippen molar-refractivity contribution in [2.24, 2.45) is 0 Å². The maximum atomic E-state index is 11.5. The fourth-order valence-electron chi connectivity index (χ4n) is 0.348. The third-order valence-corrected chi connectivity index (χ3v) is 0.996. The molecule has 0 bridgehead atoms. The maximum absolute atomic E-state index is 11.5. The first-order chi connectivity index (χ1) is 5.13. The molecule has 0 rings (SSSR count). The second-order valence-electron chi connectivity index (χ2n) is 2.23. The van der Waals surface area contributed by atoms with E-state index in [1.807, 2.05) is 0 Å². The van der Waals surface area contributed by atoms with Gasteiger partial charge in [0.15, 0.2) is 0 Å². The maximum Gasteiger partial charge on any atom is 1.00 e. The molecule has 0 N–H and O–H groups in total. The van der Waals surface area contributed by atoms with Gasteiger partial charge in [-0.2, -0.15) is 13.2 Å². The summed E-state index contributed by atoms with van der Waals surface area (Å²) in [6.07, 6.45) is -7.11. The fraction of sp³-hybridized carbons (Fsp3) is 1.00. The van der Waals surface area contributed by atoms with E-state index in [0.717, 1.165) is 0 Å². The molecule has 0 aliphatic rings. The van der Waals surface area contributed by atoms with Gasteiger partial charge in [-0.05, 0) is 6.92 Å². The summed E-state index contributed by atoms with van der Waals surface area (Å²) in [5, 5.41) is 0. The van der Waals surface area contributed by atoms with Gasteiger partial charge in [-0.3, -0.25) is 0 Å². The van der Waals surface area contributed by atoms with Crippen molar-refractivity contribution in [2.45, 2.75) is 19.2 Å². The minimum Gasteiger partial charge on any atom is -0.447 e. The molecule has 0 aliphatic heterocycles. The van der Waals surface area contributed by atoms with Gasteiger partial charge in [0.2, 0.25) is 0 Å². The quantitative estimate of drug-likeness (QED) is 0.465. The van der Waals surface area contributed by atoms with Crippen LogP contribution in [-0.4, -0.2) is 25.8 Å². The van der Waals surface area contributed by atoms with Gasteiger partial charge in [0.1, 0.15) is 6.10 Å². The number of hydrogen-bond donors (Lipinski definition) is 0. The smallest absolute Gasteiger partial charge is 0.447 e. The number of ether oxygens (including phenoxy) is 1. The first kappa shape index (κ1) is 16.7. The van der Waals surface area contributed by atoms with Crippen molar-refractivity contribution < 1.29 is 82.2 Å². The molecule has 1 nitrogen and oxygen atoms in total. The Labute approximate surface area is 114 Å². The summed E-state index contributed by atoms with van der Waals surface area (Å²) in [6, 6.07) is 0. The predicted molar refractivity (Wildman–Crippen MR) is 30.5 cm³/mol. The van der Waals surface area contributed by atoms with E-state index in [1.165, 1.54) is 0 Å². The molecule has 0 aliphatic carbocycles. The Kier molecular flexibility index (Phi) is 7.64. The average molecular weight is 234 g/mol. The monoisotopic (exact) mass is 234 g/mol. The first-order valence-electron chi connectivity index (χ1n) is 3.02. The normalized spacial score (nSPS) is 15.0. The largest absolute Gasteiger partial charge is 1.00 e. The van der Waals surface area contributed by atoms with Gasteiger partial charge in [0.25, 0.3) is 0 Å². The SMILES string of the molecule is CC(OC[B-](F)(F)F)C(F)(F)F.[K+]. The zero-order valence-electron chi connectivity index (χ0n) is 7.04. The van der Waals surface area contributed by atoms with Crippen LogP contribution in [0.3, 0.4) is 0 Å². The summed E-state index contributed by atoms with van der Waals surface area (Å²) < 4.78 is 72.3. The summed E-state index contributed by atoms with van der Waals surface area (Å²) in [6.45, 7) is -6.60. The van der Waals surface area contributed by atoms with Gasteiger partial charge in [0, 0.05) is 6.51 Å². The van der Waals surface area contributed by atoms with Crippen LogP contribution in [0.1, 0.15) is 6.92 Å². The summed E-state index contributed by atoms with van der Waals surface area (Å²) in [5.41, 5.74) is 0. The molecule has 1 unspecified atom stereocenters. The van der Waals surface area contributed by atoms with Gasteiger partial charge in [-0.15, -0.1) is 0 Å². The molecule has 0 heterocycles. The van der Waals surface area contributed by atoms with Crippen molar-refractivity contribution in [2.75, 3.05) is 6.51 Å². The van der Waals surface area contributed by atoms with E-state index in [0.29, 0.717) is 6.92 Å². The van der Waals surface area contributed by atoms with E-state index in [-0.39, 0.29) is 51.4 Å². The summed E-state index contributed by atoms with van der Waals surface area (Å²) >= 11 is 0. The van der Waals surface area contributed by atoms with Crippen LogP contribution < -0.4 is 51.4 Å². The summed E-state index contributed by atoms with van der Waals surface area (Å²) in [5.74, 6) is 0. The molecular weight excluding hydrogens is 228 g/mol. The number of hydrogen-bond acceptors (Lipinski definition) is 1. The number of halogens is 6. The van der Waals surface area contributed by atoms with Gasteiger partial charge in [0.05, 0.1) is 0 Å². The minimum absolute atomic E-state index is 0. The van der Waals surface area contributed by atoms with Crippen LogP contribution in [0, 0.1) is 0 Å². The molecule has 0 aromatic heterocycles. The van der Waals surface area contributed by atoms with Crippen molar-refractivity contribution in [1.29, 1.82) is 0 Å². The average Bonchev–Trinajstić information content (AvgIpc) is 1.78. The van der Waals surface area contributed by atoms with Crippen LogP contribution in [0.5, 0.6) is 0 Å². The van der Waals surface area contributed by atoms with Crippen molar-refractivity contribution in [3.05, 3.63) is 0 Å². The minimum atomic E-state index is -5.31. The van der Waals surface area contributed by atoms with Crippen LogP contribution in [-0.2, 0) is 4.74 Å². The van der Waals surface area contributed by atoms with Gasteiger partial charge in [-0.1, -0.05) is 0 Å².